The highest BCUT2D eigenvalue weighted by atomic mass is 16.6. The number of hydrogen-bond donors (Lipinski definition) is 2. The second kappa shape index (κ2) is 7.12. The molecule has 2 aromatic rings. The molecule has 2 aromatic carbocycles. The minimum absolute atomic E-state index is 0.0560. The fourth-order valence-corrected chi connectivity index (χ4v) is 1.85. The molecule has 0 aliphatic heterocycles. The summed E-state index contributed by atoms with van der Waals surface area (Å²) in [6, 6.07) is 15.0. The Balaban J connectivity index is 2.09. The average Bonchev–Trinajstić information content (AvgIpc) is 2.52. The SMILES string of the molecule is NC(=O)CN(C(=O)OCc1ccccc1)c1ccc(O)cc1. The van der Waals surface area contributed by atoms with Crippen molar-refractivity contribution in [2.45, 2.75) is 6.61 Å². The van der Waals surface area contributed by atoms with Gasteiger partial charge in [0.2, 0.25) is 5.91 Å². The maximum absolute atomic E-state index is 12.2. The van der Waals surface area contributed by atoms with Gasteiger partial charge in [0.15, 0.2) is 0 Å². The molecule has 0 bridgehead atoms. The van der Waals surface area contributed by atoms with E-state index < -0.39 is 12.0 Å². The quantitative estimate of drug-likeness (QED) is 0.883. The van der Waals surface area contributed by atoms with Crippen LogP contribution in [-0.4, -0.2) is 23.7 Å². The van der Waals surface area contributed by atoms with E-state index >= 15 is 0 Å². The van der Waals surface area contributed by atoms with Crippen molar-refractivity contribution in [2.75, 3.05) is 11.4 Å². The summed E-state index contributed by atoms with van der Waals surface area (Å²) in [6.07, 6.45) is -0.687. The van der Waals surface area contributed by atoms with Crippen LogP contribution in [0, 0.1) is 0 Å². The molecule has 0 unspecified atom stereocenters. The van der Waals surface area contributed by atoms with Gasteiger partial charge in [0, 0.05) is 5.69 Å². The Morgan fingerprint density at radius 3 is 2.27 bits per heavy atom. The number of rotatable bonds is 5. The highest BCUT2D eigenvalue weighted by molar-refractivity contribution is 5.94. The second-order valence-electron chi connectivity index (χ2n) is 4.61. The summed E-state index contributed by atoms with van der Waals surface area (Å²) in [7, 11) is 0. The van der Waals surface area contributed by atoms with Crippen LogP contribution in [0.1, 0.15) is 5.56 Å². The summed E-state index contributed by atoms with van der Waals surface area (Å²) in [4.78, 5) is 24.4. The lowest BCUT2D eigenvalue weighted by molar-refractivity contribution is -0.116. The Morgan fingerprint density at radius 1 is 1.05 bits per heavy atom. The number of phenols is 1. The summed E-state index contributed by atoms with van der Waals surface area (Å²) >= 11 is 0. The monoisotopic (exact) mass is 300 g/mol. The van der Waals surface area contributed by atoms with Crippen LogP contribution in [0.25, 0.3) is 0 Å². The molecule has 0 aliphatic carbocycles. The first-order chi connectivity index (χ1) is 10.6. The Bertz CT molecular complexity index is 641. The van der Waals surface area contributed by atoms with Gasteiger partial charge >= 0.3 is 6.09 Å². The third-order valence-corrected chi connectivity index (χ3v) is 2.90. The molecular formula is C16H16N2O4. The number of anilines is 1. The van der Waals surface area contributed by atoms with Crippen LogP contribution in [0.3, 0.4) is 0 Å². The fraction of sp³-hybridized carbons (Fsp3) is 0.125. The molecule has 2 rings (SSSR count). The average molecular weight is 300 g/mol. The number of hydrogen-bond acceptors (Lipinski definition) is 4. The van der Waals surface area contributed by atoms with Gasteiger partial charge in [-0.25, -0.2) is 4.79 Å². The summed E-state index contributed by atoms with van der Waals surface area (Å²) in [5.74, 6) is -0.606. The van der Waals surface area contributed by atoms with Crippen molar-refractivity contribution < 1.29 is 19.4 Å². The number of primary amides is 1. The number of nitrogens with two attached hydrogens (primary N) is 1. The maximum atomic E-state index is 12.2. The van der Waals surface area contributed by atoms with E-state index in [0.717, 1.165) is 10.5 Å². The largest absolute Gasteiger partial charge is 0.508 e. The zero-order chi connectivity index (χ0) is 15.9. The number of benzene rings is 2. The normalized spacial score (nSPS) is 10.0. The van der Waals surface area contributed by atoms with Crippen LogP contribution in [-0.2, 0) is 16.1 Å². The minimum Gasteiger partial charge on any atom is -0.508 e. The molecule has 0 saturated carbocycles. The van der Waals surface area contributed by atoms with Gasteiger partial charge in [-0.05, 0) is 29.8 Å². The number of ether oxygens (including phenoxy) is 1. The van der Waals surface area contributed by atoms with E-state index in [1.54, 1.807) is 0 Å². The number of carbonyl (C=O) groups excluding carboxylic acids is 2. The molecule has 0 radical (unpaired) electrons. The predicted molar refractivity (Wildman–Crippen MR) is 81.3 cm³/mol. The van der Waals surface area contributed by atoms with Crippen LogP contribution in [0.15, 0.2) is 54.6 Å². The Kier molecular flexibility index (Phi) is 4.98. The first-order valence-electron chi connectivity index (χ1n) is 6.62. The van der Waals surface area contributed by atoms with Gasteiger partial charge < -0.3 is 15.6 Å². The van der Waals surface area contributed by atoms with E-state index in [0.29, 0.717) is 5.69 Å². The lowest BCUT2D eigenvalue weighted by atomic mass is 10.2. The summed E-state index contributed by atoms with van der Waals surface area (Å²) < 4.78 is 5.19. The molecule has 114 valence electrons. The lowest BCUT2D eigenvalue weighted by Crippen LogP contribution is -2.38. The van der Waals surface area contributed by atoms with Crippen molar-refractivity contribution in [1.82, 2.24) is 0 Å². The van der Waals surface area contributed by atoms with E-state index in [2.05, 4.69) is 0 Å². The first-order valence-corrected chi connectivity index (χ1v) is 6.62. The molecule has 22 heavy (non-hydrogen) atoms. The van der Waals surface area contributed by atoms with Gasteiger partial charge in [-0.15, -0.1) is 0 Å². The lowest BCUT2D eigenvalue weighted by Gasteiger charge is -2.20. The van der Waals surface area contributed by atoms with E-state index in [-0.39, 0.29) is 18.9 Å². The van der Waals surface area contributed by atoms with Crippen LogP contribution < -0.4 is 10.6 Å². The smallest absolute Gasteiger partial charge is 0.415 e. The van der Waals surface area contributed by atoms with Crippen molar-refractivity contribution in [3.05, 3.63) is 60.2 Å². The number of phenolic OH excluding ortho intramolecular Hbond substituents is 1. The van der Waals surface area contributed by atoms with Gasteiger partial charge in [-0.3, -0.25) is 9.69 Å². The summed E-state index contributed by atoms with van der Waals surface area (Å²) in [6.45, 7) is -0.217. The molecule has 3 N–H and O–H groups in total. The molecule has 0 spiro atoms. The molecule has 0 aliphatic rings. The molecule has 0 saturated heterocycles. The zero-order valence-electron chi connectivity index (χ0n) is 11.8. The molecule has 0 atom stereocenters. The van der Waals surface area contributed by atoms with Crippen LogP contribution in [0.5, 0.6) is 5.75 Å². The zero-order valence-corrected chi connectivity index (χ0v) is 11.8. The van der Waals surface area contributed by atoms with E-state index in [4.69, 9.17) is 10.5 Å². The van der Waals surface area contributed by atoms with Gasteiger partial charge in [-0.2, -0.15) is 0 Å². The molecule has 6 heteroatoms. The van der Waals surface area contributed by atoms with Gasteiger partial charge in [0.25, 0.3) is 0 Å². The molecule has 0 aromatic heterocycles. The van der Waals surface area contributed by atoms with Crippen LogP contribution in [0.4, 0.5) is 10.5 Å². The van der Waals surface area contributed by atoms with E-state index in [1.807, 2.05) is 30.3 Å². The maximum Gasteiger partial charge on any atom is 0.415 e. The highest BCUT2D eigenvalue weighted by Crippen LogP contribution is 2.19. The third-order valence-electron chi connectivity index (χ3n) is 2.90. The molecular weight excluding hydrogens is 284 g/mol. The van der Waals surface area contributed by atoms with Crippen molar-refractivity contribution in [3.63, 3.8) is 0 Å². The Labute approximate surface area is 127 Å². The van der Waals surface area contributed by atoms with Crippen molar-refractivity contribution in [2.24, 2.45) is 5.73 Å². The van der Waals surface area contributed by atoms with Crippen LogP contribution >= 0.6 is 0 Å². The van der Waals surface area contributed by atoms with E-state index in [1.165, 1.54) is 24.3 Å². The number of carbonyl (C=O) groups is 2. The Morgan fingerprint density at radius 2 is 1.68 bits per heavy atom. The van der Waals surface area contributed by atoms with Crippen molar-refractivity contribution in [3.8, 4) is 5.75 Å². The van der Waals surface area contributed by atoms with Gasteiger partial charge in [-0.1, -0.05) is 30.3 Å². The molecule has 2 amide bonds. The minimum atomic E-state index is -0.687. The summed E-state index contributed by atoms with van der Waals surface area (Å²) in [5.41, 5.74) is 6.41. The van der Waals surface area contributed by atoms with Crippen molar-refractivity contribution >= 4 is 17.7 Å². The highest BCUT2D eigenvalue weighted by Gasteiger charge is 2.19. The van der Waals surface area contributed by atoms with E-state index in [9.17, 15) is 14.7 Å². The second-order valence-corrected chi connectivity index (χ2v) is 4.61. The molecule has 0 heterocycles. The third kappa shape index (κ3) is 4.24. The number of aromatic hydroxyl groups is 1. The van der Waals surface area contributed by atoms with Gasteiger partial charge in [0.1, 0.15) is 18.9 Å². The molecule has 0 fully saturated rings. The molecule has 6 nitrogen and oxygen atoms in total. The first kappa shape index (κ1) is 15.4. The predicted octanol–water partition coefficient (Wildman–Crippen LogP) is 2.02. The topological polar surface area (TPSA) is 92.9 Å². The van der Waals surface area contributed by atoms with Crippen LogP contribution in [0.2, 0.25) is 0 Å². The fourth-order valence-electron chi connectivity index (χ4n) is 1.85. The summed E-state index contributed by atoms with van der Waals surface area (Å²) in [5, 5.41) is 9.28. The Hall–Kier alpha value is -3.02. The number of nitrogens with zero attached hydrogens (tertiary/aromatic N) is 1. The number of amides is 2. The standard InChI is InChI=1S/C16H16N2O4/c17-15(20)10-18(13-6-8-14(19)9-7-13)16(21)22-11-12-4-2-1-3-5-12/h1-9,19H,10-11H2,(H2,17,20). The van der Waals surface area contributed by atoms with Crippen molar-refractivity contribution in [1.29, 1.82) is 0 Å². The van der Waals surface area contributed by atoms with Gasteiger partial charge in [0.05, 0.1) is 0 Å².